The molecule has 7 rings (SSSR count). The molecule has 0 radical (unpaired) electrons. The number of thiazole rings is 1. The van der Waals surface area contributed by atoms with Crippen molar-refractivity contribution in [3.8, 4) is 0 Å². The number of nitrogens with zero attached hydrogens (tertiary/aromatic N) is 1. The Kier molecular flexibility index (Phi) is 5.86. The van der Waals surface area contributed by atoms with Crippen molar-refractivity contribution in [1.29, 1.82) is 0 Å². The monoisotopic (exact) mass is 491 g/mol. The summed E-state index contributed by atoms with van der Waals surface area (Å²) in [5.41, 5.74) is 1.59. The highest BCUT2D eigenvalue weighted by Gasteiger charge is 2.51. The van der Waals surface area contributed by atoms with Gasteiger partial charge in [0.2, 0.25) is 5.91 Å². The Morgan fingerprint density at radius 3 is 2.38 bits per heavy atom. The molecule has 3 aromatic rings. The fraction of sp³-hybridized carbons (Fsp3) is 0.444. The zero-order valence-corrected chi connectivity index (χ0v) is 20.7. The second-order valence-electron chi connectivity index (χ2n) is 10.3. The molecule has 0 unspecified atom stereocenters. The first-order valence-electron chi connectivity index (χ1n) is 12.2. The van der Waals surface area contributed by atoms with Gasteiger partial charge in [-0.25, -0.2) is 4.98 Å². The molecule has 0 saturated heterocycles. The lowest BCUT2D eigenvalue weighted by Gasteiger charge is -2.56. The van der Waals surface area contributed by atoms with Crippen molar-refractivity contribution in [2.75, 3.05) is 5.75 Å². The Hall–Kier alpha value is -2.38. The molecule has 1 heterocycles. The third-order valence-electron chi connectivity index (χ3n) is 7.67. The van der Waals surface area contributed by atoms with Crippen molar-refractivity contribution in [2.45, 2.75) is 55.5 Å². The lowest BCUT2D eigenvalue weighted by molar-refractivity contribution is -0.124. The van der Waals surface area contributed by atoms with Crippen LogP contribution in [0.5, 0.6) is 0 Å². The fourth-order valence-corrected chi connectivity index (χ4v) is 8.52. The van der Waals surface area contributed by atoms with Crippen molar-refractivity contribution >= 4 is 45.1 Å². The summed E-state index contributed by atoms with van der Waals surface area (Å²) in [4.78, 5) is 31.3. The average Bonchev–Trinajstić information content (AvgIpc) is 3.23. The molecule has 34 heavy (non-hydrogen) atoms. The van der Waals surface area contributed by atoms with E-state index in [1.165, 1.54) is 31.0 Å². The first-order valence-corrected chi connectivity index (χ1v) is 14.0. The van der Waals surface area contributed by atoms with E-state index in [2.05, 4.69) is 15.6 Å². The van der Waals surface area contributed by atoms with Crippen LogP contribution in [0.15, 0.2) is 53.4 Å². The number of para-hydroxylation sites is 1. The average molecular weight is 492 g/mol. The normalized spacial score (nSPS) is 27.1. The van der Waals surface area contributed by atoms with E-state index in [-0.39, 0.29) is 17.4 Å². The van der Waals surface area contributed by atoms with Gasteiger partial charge in [0, 0.05) is 10.4 Å². The Balaban J connectivity index is 1.07. The van der Waals surface area contributed by atoms with Crippen molar-refractivity contribution < 1.29 is 9.59 Å². The lowest BCUT2D eigenvalue weighted by atomic mass is 9.53. The predicted octanol–water partition coefficient (Wildman–Crippen LogP) is 5.40. The number of hydrogen-bond donors (Lipinski definition) is 2. The molecule has 1 aromatic heterocycles. The van der Waals surface area contributed by atoms with Crippen molar-refractivity contribution in [3.63, 3.8) is 0 Å². The largest absolute Gasteiger partial charge is 0.350 e. The lowest BCUT2D eigenvalue weighted by Crippen LogP contribution is -2.60. The fourth-order valence-electron chi connectivity index (χ4n) is 6.77. The minimum absolute atomic E-state index is 0.0283. The van der Waals surface area contributed by atoms with Crippen LogP contribution in [0.25, 0.3) is 10.2 Å². The molecule has 5 nitrogen and oxygen atoms in total. The summed E-state index contributed by atoms with van der Waals surface area (Å²) < 4.78 is 1.12. The molecule has 4 aliphatic rings. The molecule has 2 aromatic carbocycles. The number of carbonyl (C=O) groups excluding carboxylic acids is 2. The molecule has 4 bridgehead atoms. The number of fused-ring (bicyclic) bond motifs is 1. The molecular weight excluding hydrogens is 462 g/mol. The van der Waals surface area contributed by atoms with Gasteiger partial charge in [0.15, 0.2) is 0 Å². The van der Waals surface area contributed by atoms with Crippen LogP contribution in [0.4, 0.5) is 0 Å². The third kappa shape index (κ3) is 4.48. The minimum Gasteiger partial charge on any atom is -0.350 e. The molecule has 0 atom stereocenters. The summed E-state index contributed by atoms with van der Waals surface area (Å²) in [5.74, 6) is 2.71. The Morgan fingerprint density at radius 1 is 0.971 bits per heavy atom. The number of hydrogen-bond acceptors (Lipinski definition) is 5. The molecule has 4 saturated carbocycles. The van der Waals surface area contributed by atoms with E-state index < -0.39 is 0 Å². The molecule has 0 aliphatic heterocycles. The predicted molar refractivity (Wildman–Crippen MR) is 137 cm³/mol. The second kappa shape index (κ2) is 9.00. The van der Waals surface area contributed by atoms with Gasteiger partial charge in [0.1, 0.15) is 5.01 Å². The molecule has 176 valence electrons. The second-order valence-corrected chi connectivity index (χ2v) is 12.4. The van der Waals surface area contributed by atoms with Gasteiger partial charge in [0.05, 0.1) is 28.1 Å². The van der Waals surface area contributed by atoms with Gasteiger partial charge in [-0.3, -0.25) is 9.59 Å². The topological polar surface area (TPSA) is 71.1 Å². The Bertz CT molecular complexity index is 1170. The maximum Gasteiger partial charge on any atom is 0.252 e. The van der Waals surface area contributed by atoms with E-state index in [4.69, 9.17) is 0 Å². The van der Waals surface area contributed by atoms with E-state index in [9.17, 15) is 9.59 Å². The molecular formula is C27H29N3O2S2. The van der Waals surface area contributed by atoms with Gasteiger partial charge < -0.3 is 10.6 Å². The Labute approximate surface area is 208 Å². The summed E-state index contributed by atoms with van der Waals surface area (Å²) in [7, 11) is 0. The van der Waals surface area contributed by atoms with Crippen molar-refractivity contribution in [3.05, 3.63) is 59.1 Å². The van der Waals surface area contributed by atoms with Crippen LogP contribution >= 0.6 is 23.1 Å². The maximum absolute atomic E-state index is 12.9. The van der Waals surface area contributed by atoms with Crippen LogP contribution in [-0.4, -0.2) is 28.1 Å². The van der Waals surface area contributed by atoms with Gasteiger partial charge >= 0.3 is 0 Å². The number of aromatic nitrogens is 1. The summed E-state index contributed by atoms with van der Waals surface area (Å²) in [6, 6.07) is 15.5. The zero-order valence-electron chi connectivity index (χ0n) is 19.1. The highest BCUT2D eigenvalue weighted by atomic mass is 32.2. The highest BCUT2D eigenvalue weighted by molar-refractivity contribution is 8.00. The van der Waals surface area contributed by atoms with Gasteiger partial charge in [-0.2, -0.15) is 0 Å². The number of thioether (sulfide) groups is 1. The van der Waals surface area contributed by atoms with Gasteiger partial charge in [0.25, 0.3) is 5.91 Å². The number of benzene rings is 2. The highest BCUT2D eigenvalue weighted by Crippen LogP contribution is 2.55. The van der Waals surface area contributed by atoms with E-state index in [0.717, 1.165) is 57.1 Å². The summed E-state index contributed by atoms with van der Waals surface area (Å²) >= 11 is 3.05. The van der Waals surface area contributed by atoms with E-state index in [1.807, 2.05) is 48.5 Å². The first-order chi connectivity index (χ1) is 16.6. The number of carbonyl (C=O) groups is 2. The van der Waals surface area contributed by atoms with Crippen LogP contribution in [-0.2, 0) is 11.3 Å². The molecule has 7 heteroatoms. The van der Waals surface area contributed by atoms with Gasteiger partial charge in [-0.15, -0.1) is 23.1 Å². The molecule has 4 fully saturated rings. The van der Waals surface area contributed by atoms with Crippen LogP contribution in [0.3, 0.4) is 0 Å². The molecule has 2 N–H and O–H groups in total. The molecule has 0 spiro atoms. The summed E-state index contributed by atoms with van der Waals surface area (Å²) in [6.45, 7) is 0.393. The smallest absolute Gasteiger partial charge is 0.252 e. The number of rotatable bonds is 7. The SMILES string of the molecule is O=C(CSc1ccccc1C(=O)NCc1nc2ccccc2s1)NC12CC3CC(CC(C3)C1)C2. The standard InChI is InChI=1S/C27H29N3O2S2/c31-24(30-27-12-17-9-18(13-27)11-19(10-17)14-27)16-33-22-7-3-1-5-20(22)26(32)28-15-25-29-21-6-2-4-8-23(21)34-25/h1-8,17-19H,9-16H2,(H,28,32)(H,30,31). The van der Waals surface area contributed by atoms with Crippen molar-refractivity contribution in [1.82, 2.24) is 15.6 Å². The van der Waals surface area contributed by atoms with Crippen LogP contribution in [0.1, 0.15) is 53.9 Å². The maximum atomic E-state index is 12.9. The van der Waals surface area contributed by atoms with Crippen LogP contribution in [0, 0.1) is 17.8 Å². The molecule has 4 aliphatic carbocycles. The first kappa shape index (κ1) is 22.1. The van der Waals surface area contributed by atoms with Crippen LogP contribution < -0.4 is 10.6 Å². The van der Waals surface area contributed by atoms with Gasteiger partial charge in [-0.05, 0) is 80.5 Å². The number of amides is 2. The summed E-state index contributed by atoms with van der Waals surface area (Å²) in [5, 5.41) is 7.32. The molecule has 2 amide bonds. The van der Waals surface area contributed by atoms with Crippen LogP contribution in [0.2, 0.25) is 0 Å². The summed E-state index contributed by atoms with van der Waals surface area (Å²) in [6.07, 6.45) is 7.55. The van der Waals surface area contributed by atoms with Gasteiger partial charge in [-0.1, -0.05) is 24.3 Å². The number of nitrogens with one attached hydrogen (secondary N) is 2. The van der Waals surface area contributed by atoms with E-state index in [1.54, 1.807) is 11.3 Å². The van der Waals surface area contributed by atoms with Crippen molar-refractivity contribution in [2.24, 2.45) is 17.8 Å². The van der Waals surface area contributed by atoms with E-state index in [0.29, 0.717) is 17.9 Å². The third-order valence-corrected chi connectivity index (χ3v) is 9.78. The zero-order chi connectivity index (χ0) is 23.1. The Morgan fingerprint density at radius 2 is 1.65 bits per heavy atom. The van der Waals surface area contributed by atoms with E-state index >= 15 is 0 Å². The quantitative estimate of drug-likeness (QED) is 0.434. The minimum atomic E-state index is -0.135.